The van der Waals surface area contributed by atoms with Crippen LogP contribution in [0.15, 0.2) is 53.4 Å². The van der Waals surface area contributed by atoms with E-state index < -0.39 is 16.1 Å². The average molecular weight is 342 g/mol. The van der Waals surface area contributed by atoms with Gasteiger partial charge in [-0.2, -0.15) is 8.42 Å². The molecule has 0 amide bonds. The molecule has 2 aromatic rings. The van der Waals surface area contributed by atoms with Crippen molar-refractivity contribution in [1.82, 2.24) is 0 Å². The smallest absolute Gasteiger partial charge is 0.300 e. The Morgan fingerprint density at radius 2 is 1.17 bits per heavy atom. The van der Waals surface area contributed by atoms with Gasteiger partial charge in [0, 0.05) is 6.92 Å². The van der Waals surface area contributed by atoms with E-state index in [9.17, 15) is 8.42 Å². The van der Waals surface area contributed by atoms with Gasteiger partial charge >= 0.3 is 0 Å². The van der Waals surface area contributed by atoms with Crippen molar-refractivity contribution in [3.8, 4) is 11.5 Å². The van der Waals surface area contributed by atoms with Gasteiger partial charge in [0.1, 0.15) is 11.5 Å². The zero-order valence-corrected chi connectivity index (χ0v) is 13.4. The van der Waals surface area contributed by atoms with Gasteiger partial charge in [-0.15, -0.1) is 0 Å². The molecule has 2 aromatic carbocycles. The van der Waals surface area contributed by atoms with Gasteiger partial charge in [0.15, 0.2) is 0 Å². The highest BCUT2D eigenvalue weighted by molar-refractivity contribution is 7.85. The number of carboxylic acid groups (broad SMARTS) is 1. The van der Waals surface area contributed by atoms with Crippen LogP contribution < -0.4 is 0 Å². The number of benzene rings is 2. The molecule has 0 bridgehead atoms. The Hall–Kier alpha value is -2.58. The summed E-state index contributed by atoms with van der Waals surface area (Å²) in [5.74, 6) is -0.495. The van der Waals surface area contributed by atoms with E-state index in [2.05, 4.69) is 0 Å². The van der Waals surface area contributed by atoms with Crippen LogP contribution in [0.2, 0.25) is 0 Å². The molecule has 8 heteroatoms. The molecule has 0 heterocycles. The number of phenols is 2. The minimum absolute atomic E-state index is 0.0666. The van der Waals surface area contributed by atoms with Gasteiger partial charge in [-0.25, -0.2) is 0 Å². The number of aliphatic carboxylic acids is 1. The van der Waals surface area contributed by atoms with Crippen molar-refractivity contribution >= 4 is 16.1 Å². The van der Waals surface area contributed by atoms with Crippen molar-refractivity contribution < 1.29 is 33.1 Å². The van der Waals surface area contributed by atoms with Crippen LogP contribution in [-0.2, 0) is 14.9 Å². The summed E-state index contributed by atoms with van der Waals surface area (Å²) in [5.41, 5.74) is 0.956. The molecule has 0 spiro atoms. The lowest BCUT2D eigenvalue weighted by molar-refractivity contribution is -0.134. The molecule has 4 N–H and O–H groups in total. The average Bonchev–Trinajstić information content (AvgIpc) is 2.42. The fourth-order valence-electron chi connectivity index (χ4n) is 1.16. The first kappa shape index (κ1) is 20.4. The third-order valence-corrected chi connectivity index (χ3v) is 3.04. The first-order valence-electron chi connectivity index (χ1n) is 6.24. The van der Waals surface area contributed by atoms with Gasteiger partial charge in [0.2, 0.25) is 0 Å². The summed E-state index contributed by atoms with van der Waals surface area (Å²) in [6.07, 6.45) is 0. The number of carboxylic acids is 1. The highest BCUT2D eigenvalue weighted by Gasteiger charge is 2.06. The second kappa shape index (κ2) is 9.44. The summed E-state index contributed by atoms with van der Waals surface area (Å²) in [6.45, 7) is 2.92. The third-order valence-electron chi connectivity index (χ3n) is 2.17. The maximum atomic E-state index is 10.5. The Labute approximate surface area is 134 Å². The summed E-state index contributed by atoms with van der Waals surface area (Å²) < 4.78 is 29.6. The summed E-state index contributed by atoms with van der Waals surface area (Å²) in [5, 5.41) is 24.7. The van der Waals surface area contributed by atoms with Gasteiger partial charge in [0.25, 0.3) is 16.1 Å². The van der Waals surface area contributed by atoms with Crippen LogP contribution >= 0.6 is 0 Å². The molecule has 0 fully saturated rings. The van der Waals surface area contributed by atoms with Crippen LogP contribution in [0.4, 0.5) is 0 Å². The van der Waals surface area contributed by atoms with E-state index >= 15 is 0 Å². The van der Waals surface area contributed by atoms with E-state index in [1.807, 2.05) is 6.92 Å². The van der Waals surface area contributed by atoms with Crippen LogP contribution in [0.25, 0.3) is 0 Å². The van der Waals surface area contributed by atoms with E-state index in [1.54, 1.807) is 12.1 Å². The number of carbonyl (C=O) groups is 1. The van der Waals surface area contributed by atoms with Crippen LogP contribution in [0.1, 0.15) is 12.5 Å². The Bertz CT molecular complexity index is 679. The van der Waals surface area contributed by atoms with Gasteiger partial charge in [-0.3, -0.25) is 9.35 Å². The Balaban J connectivity index is 0.000000354. The topological polar surface area (TPSA) is 132 Å². The normalized spacial score (nSPS) is 9.70. The van der Waals surface area contributed by atoms with Gasteiger partial charge < -0.3 is 15.3 Å². The molecular formula is C15H18O7S. The van der Waals surface area contributed by atoms with Crippen molar-refractivity contribution in [2.75, 3.05) is 0 Å². The van der Waals surface area contributed by atoms with Crippen molar-refractivity contribution in [2.45, 2.75) is 18.7 Å². The number of hydrogen-bond acceptors (Lipinski definition) is 5. The fourth-order valence-corrected chi connectivity index (χ4v) is 1.64. The Morgan fingerprint density at radius 3 is 1.43 bits per heavy atom. The number of phenolic OH excluding ortho intramolecular Hbond substituents is 2. The van der Waals surface area contributed by atoms with Crippen molar-refractivity contribution in [3.63, 3.8) is 0 Å². The Morgan fingerprint density at radius 1 is 0.870 bits per heavy atom. The molecule has 0 atom stereocenters. The molecule has 23 heavy (non-hydrogen) atoms. The van der Waals surface area contributed by atoms with E-state index in [0.717, 1.165) is 12.5 Å². The number of aryl methyl sites for hydroxylation is 1. The summed E-state index contributed by atoms with van der Waals surface area (Å²) in [6, 6.07) is 11.7. The molecule has 7 nitrogen and oxygen atoms in total. The monoisotopic (exact) mass is 342 g/mol. The molecule has 0 saturated heterocycles. The summed E-state index contributed by atoms with van der Waals surface area (Å²) in [7, 11) is -4.02. The van der Waals surface area contributed by atoms with Crippen molar-refractivity contribution in [1.29, 1.82) is 0 Å². The molecule has 0 aliphatic rings. The minimum atomic E-state index is -4.02. The standard InChI is InChI=1S/C7H8O3S.C6H6O2.C2H4O2/c1-6-2-4-7(5-3-6)11(8,9)10;7-5-1-2-6(8)4-3-5;1-2(3)4/h2-5H,1H3,(H,8,9,10);1-4,7-8H;1H3,(H,3,4). The maximum absolute atomic E-state index is 10.5. The highest BCUT2D eigenvalue weighted by atomic mass is 32.2. The van der Waals surface area contributed by atoms with Crippen LogP contribution in [0.3, 0.4) is 0 Å². The first-order chi connectivity index (χ1) is 10.5. The zero-order chi connectivity index (χ0) is 18.0. The maximum Gasteiger partial charge on any atom is 0.300 e. The SMILES string of the molecule is CC(=O)O.Cc1ccc(S(=O)(=O)O)cc1.Oc1ccc(O)cc1. The van der Waals surface area contributed by atoms with Crippen LogP contribution in [-0.4, -0.2) is 34.3 Å². The van der Waals surface area contributed by atoms with Crippen molar-refractivity contribution in [3.05, 3.63) is 54.1 Å². The quantitative estimate of drug-likeness (QED) is 0.462. The fraction of sp³-hybridized carbons (Fsp3) is 0.133. The van der Waals surface area contributed by atoms with E-state index in [-0.39, 0.29) is 16.4 Å². The van der Waals surface area contributed by atoms with E-state index in [4.69, 9.17) is 24.7 Å². The van der Waals surface area contributed by atoms with Gasteiger partial charge in [-0.1, -0.05) is 17.7 Å². The lowest BCUT2D eigenvalue weighted by Gasteiger charge is -1.95. The molecule has 0 aliphatic carbocycles. The predicted octanol–water partition coefficient (Wildman–Crippen LogP) is 2.43. The molecule has 2 rings (SSSR count). The van der Waals surface area contributed by atoms with E-state index in [0.29, 0.717) is 0 Å². The number of rotatable bonds is 1. The summed E-state index contributed by atoms with van der Waals surface area (Å²) >= 11 is 0. The van der Waals surface area contributed by atoms with Gasteiger partial charge in [0.05, 0.1) is 4.90 Å². The van der Waals surface area contributed by atoms with E-state index in [1.165, 1.54) is 36.4 Å². The predicted molar refractivity (Wildman–Crippen MR) is 84.1 cm³/mol. The number of aromatic hydroxyl groups is 2. The van der Waals surface area contributed by atoms with Gasteiger partial charge in [-0.05, 0) is 43.3 Å². The second-order valence-electron chi connectivity index (χ2n) is 4.32. The lowest BCUT2D eigenvalue weighted by Crippen LogP contribution is -1.96. The molecule has 0 radical (unpaired) electrons. The third kappa shape index (κ3) is 10.7. The molecule has 0 saturated carbocycles. The number of hydrogen-bond donors (Lipinski definition) is 4. The second-order valence-corrected chi connectivity index (χ2v) is 5.75. The lowest BCUT2D eigenvalue weighted by atomic mass is 10.2. The Kier molecular flexibility index (Phi) is 8.38. The largest absolute Gasteiger partial charge is 0.508 e. The summed E-state index contributed by atoms with van der Waals surface area (Å²) in [4.78, 5) is 8.93. The first-order valence-corrected chi connectivity index (χ1v) is 7.68. The van der Waals surface area contributed by atoms with Crippen LogP contribution in [0.5, 0.6) is 11.5 Å². The molecule has 0 aliphatic heterocycles. The van der Waals surface area contributed by atoms with Crippen LogP contribution in [0, 0.1) is 6.92 Å². The zero-order valence-electron chi connectivity index (χ0n) is 12.5. The molecule has 0 unspecified atom stereocenters. The molecule has 0 aromatic heterocycles. The minimum Gasteiger partial charge on any atom is -0.508 e. The molecular weight excluding hydrogens is 324 g/mol. The molecule has 126 valence electrons. The highest BCUT2D eigenvalue weighted by Crippen LogP contribution is 2.13. The van der Waals surface area contributed by atoms with Crippen molar-refractivity contribution in [2.24, 2.45) is 0 Å².